The molecule has 0 bridgehead atoms. The lowest BCUT2D eigenvalue weighted by molar-refractivity contribution is 0.0696. The normalized spacial score (nSPS) is 10.2. The largest absolute Gasteiger partial charge is 0.478 e. The van der Waals surface area contributed by atoms with Gasteiger partial charge < -0.3 is 16.2 Å². The number of carbonyl (C=O) groups excluding carboxylic acids is 1. The van der Waals surface area contributed by atoms with E-state index in [0.717, 1.165) is 5.56 Å². The van der Waals surface area contributed by atoms with Gasteiger partial charge in [-0.05, 0) is 35.9 Å². The van der Waals surface area contributed by atoms with Gasteiger partial charge in [-0.15, -0.1) is 0 Å². The minimum atomic E-state index is -1.09. The van der Waals surface area contributed by atoms with Crippen LogP contribution < -0.4 is 11.1 Å². The molecule has 2 rings (SSSR count). The molecule has 1 amide bonds. The monoisotopic (exact) mass is 304 g/mol. The Balaban J connectivity index is 2.22. The van der Waals surface area contributed by atoms with Gasteiger partial charge in [0.05, 0.1) is 16.3 Å². The molecule has 5 nitrogen and oxygen atoms in total. The lowest BCUT2D eigenvalue weighted by atomic mass is 10.1. The molecule has 2 aromatic rings. The average Bonchev–Trinajstić information content (AvgIpc) is 2.49. The van der Waals surface area contributed by atoms with Crippen molar-refractivity contribution in [3.63, 3.8) is 0 Å². The van der Waals surface area contributed by atoms with Gasteiger partial charge in [0.15, 0.2) is 0 Å². The molecule has 0 aliphatic carbocycles. The number of anilines is 1. The Bertz CT molecular complexity index is 684. The van der Waals surface area contributed by atoms with E-state index in [0.29, 0.717) is 12.1 Å². The number of benzene rings is 2. The second kappa shape index (κ2) is 6.39. The highest BCUT2D eigenvalue weighted by Gasteiger charge is 2.11. The number of rotatable bonds is 4. The molecule has 6 heteroatoms. The Hall–Kier alpha value is -2.37. The highest BCUT2D eigenvalue weighted by atomic mass is 35.5. The Morgan fingerprint density at radius 2 is 1.71 bits per heavy atom. The van der Waals surface area contributed by atoms with E-state index in [1.165, 1.54) is 18.2 Å². The number of hydrogen-bond acceptors (Lipinski definition) is 3. The van der Waals surface area contributed by atoms with E-state index in [1.54, 1.807) is 24.3 Å². The molecule has 108 valence electrons. The van der Waals surface area contributed by atoms with Gasteiger partial charge in [-0.3, -0.25) is 4.79 Å². The Morgan fingerprint density at radius 3 is 2.29 bits per heavy atom. The minimum Gasteiger partial charge on any atom is -0.478 e. The number of carboxylic acid groups (broad SMARTS) is 1. The van der Waals surface area contributed by atoms with Gasteiger partial charge in [-0.2, -0.15) is 0 Å². The van der Waals surface area contributed by atoms with Crippen molar-refractivity contribution < 1.29 is 14.7 Å². The number of aromatic carboxylic acids is 1. The van der Waals surface area contributed by atoms with Crippen molar-refractivity contribution in [3.05, 3.63) is 64.2 Å². The smallest absolute Gasteiger partial charge is 0.335 e. The molecule has 0 saturated carbocycles. The first-order valence-corrected chi connectivity index (χ1v) is 6.52. The summed E-state index contributed by atoms with van der Waals surface area (Å²) >= 11 is 5.96. The van der Waals surface area contributed by atoms with Crippen molar-refractivity contribution in [2.24, 2.45) is 5.73 Å². The predicted octanol–water partition coefficient (Wildman–Crippen LogP) is 2.75. The van der Waals surface area contributed by atoms with Crippen LogP contribution in [0.5, 0.6) is 0 Å². The van der Waals surface area contributed by atoms with E-state index in [9.17, 15) is 9.59 Å². The van der Waals surface area contributed by atoms with E-state index in [4.69, 9.17) is 22.4 Å². The Kier molecular flexibility index (Phi) is 4.57. The number of carbonyl (C=O) groups is 2. The molecule has 0 atom stereocenters. The van der Waals surface area contributed by atoms with Crippen LogP contribution in [0.25, 0.3) is 0 Å². The second-order valence-electron chi connectivity index (χ2n) is 4.35. The number of carboxylic acids is 1. The Labute approximate surface area is 126 Å². The van der Waals surface area contributed by atoms with Crippen LogP contribution in [0, 0.1) is 0 Å². The fourth-order valence-electron chi connectivity index (χ4n) is 1.74. The molecule has 0 aliphatic heterocycles. The summed E-state index contributed by atoms with van der Waals surface area (Å²) < 4.78 is 0. The third-order valence-electron chi connectivity index (χ3n) is 2.91. The average molecular weight is 305 g/mol. The summed E-state index contributed by atoms with van der Waals surface area (Å²) in [5.74, 6) is -1.46. The van der Waals surface area contributed by atoms with Gasteiger partial charge in [-0.25, -0.2) is 4.79 Å². The van der Waals surface area contributed by atoms with Gasteiger partial charge in [0.25, 0.3) is 5.91 Å². The first-order valence-electron chi connectivity index (χ1n) is 6.14. The standard InChI is InChI=1S/C15H13ClN2O3/c16-12-6-5-11(15(20)21)7-13(12)18-14(19)10-3-1-9(8-17)2-4-10/h1-7H,8,17H2,(H,18,19)(H,20,21). The SMILES string of the molecule is NCc1ccc(C(=O)Nc2cc(C(=O)O)ccc2Cl)cc1. The summed E-state index contributed by atoms with van der Waals surface area (Å²) in [6, 6.07) is 10.9. The van der Waals surface area contributed by atoms with Gasteiger partial charge in [0.1, 0.15) is 0 Å². The van der Waals surface area contributed by atoms with Crippen LogP contribution in [0.3, 0.4) is 0 Å². The van der Waals surface area contributed by atoms with Gasteiger partial charge in [-0.1, -0.05) is 23.7 Å². The third kappa shape index (κ3) is 3.59. The molecule has 0 radical (unpaired) electrons. The Morgan fingerprint density at radius 1 is 1.10 bits per heavy atom. The number of halogens is 1. The van der Waals surface area contributed by atoms with Crippen molar-refractivity contribution in [3.8, 4) is 0 Å². The maximum absolute atomic E-state index is 12.1. The van der Waals surface area contributed by atoms with E-state index in [2.05, 4.69) is 5.32 Å². The van der Waals surface area contributed by atoms with Crippen LogP contribution in [0.1, 0.15) is 26.3 Å². The zero-order valence-electron chi connectivity index (χ0n) is 11.0. The van der Waals surface area contributed by atoms with Crippen LogP contribution in [0.15, 0.2) is 42.5 Å². The molecule has 0 fully saturated rings. The molecule has 0 unspecified atom stereocenters. The topological polar surface area (TPSA) is 92.4 Å². The summed E-state index contributed by atoms with van der Waals surface area (Å²) in [7, 11) is 0. The van der Waals surface area contributed by atoms with Gasteiger partial charge in [0.2, 0.25) is 0 Å². The summed E-state index contributed by atoms with van der Waals surface area (Å²) in [5.41, 5.74) is 7.14. The molecule has 0 spiro atoms. The fourth-order valence-corrected chi connectivity index (χ4v) is 1.91. The van der Waals surface area contributed by atoms with Crippen LogP contribution in [0.2, 0.25) is 5.02 Å². The van der Waals surface area contributed by atoms with Gasteiger partial charge in [0, 0.05) is 12.1 Å². The minimum absolute atomic E-state index is 0.0492. The number of nitrogens with two attached hydrogens (primary N) is 1. The third-order valence-corrected chi connectivity index (χ3v) is 3.24. The van der Waals surface area contributed by atoms with Crippen molar-refractivity contribution in [2.75, 3.05) is 5.32 Å². The van der Waals surface area contributed by atoms with Crippen molar-refractivity contribution in [2.45, 2.75) is 6.54 Å². The van der Waals surface area contributed by atoms with Crippen LogP contribution in [-0.4, -0.2) is 17.0 Å². The molecular weight excluding hydrogens is 292 g/mol. The lowest BCUT2D eigenvalue weighted by Crippen LogP contribution is -2.13. The number of nitrogens with one attached hydrogen (secondary N) is 1. The second-order valence-corrected chi connectivity index (χ2v) is 4.76. The summed E-state index contributed by atoms with van der Waals surface area (Å²) in [5, 5.41) is 11.8. The first-order chi connectivity index (χ1) is 10.0. The highest BCUT2D eigenvalue weighted by molar-refractivity contribution is 6.34. The van der Waals surface area contributed by atoms with E-state index in [1.807, 2.05) is 0 Å². The highest BCUT2D eigenvalue weighted by Crippen LogP contribution is 2.23. The predicted molar refractivity (Wildman–Crippen MR) is 80.7 cm³/mol. The van der Waals surface area contributed by atoms with Crippen molar-refractivity contribution >= 4 is 29.2 Å². The molecular formula is C15H13ClN2O3. The zero-order chi connectivity index (χ0) is 15.4. The molecule has 0 aliphatic rings. The molecule has 4 N–H and O–H groups in total. The maximum atomic E-state index is 12.1. The van der Waals surface area contributed by atoms with Crippen molar-refractivity contribution in [1.29, 1.82) is 0 Å². The lowest BCUT2D eigenvalue weighted by Gasteiger charge is -2.08. The van der Waals surface area contributed by atoms with E-state index < -0.39 is 5.97 Å². The zero-order valence-corrected chi connectivity index (χ0v) is 11.7. The molecule has 2 aromatic carbocycles. The van der Waals surface area contributed by atoms with Crippen LogP contribution in [-0.2, 0) is 6.54 Å². The number of amides is 1. The van der Waals surface area contributed by atoms with Crippen LogP contribution in [0.4, 0.5) is 5.69 Å². The summed E-state index contributed by atoms with van der Waals surface area (Å²) in [6.07, 6.45) is 0. The van der Waals surface area contributed by atoms with E-state index in [-0.39, 0.29) is 22.2 Å². The first kappa shape index (κ1) is 15.0. The molecule has 0 heterocycles. The fraction of sp³-hybridized carbons (Fsp3) is 0.0667. The molecule has 21 heavy (non-hydrogen) atoms. The molecule has 0 saturated heterocycles. The number of hydrogen-bond donors (Lipinski definition) is 3. The van der Waals surface area contributed by atoms with Crippen molar-refractivity contribution in [1.82, 2.24) is 0 Å². The van der Waals surface area contributed by atoms with E-state index >= 15 is 0 Å². The summed E-state index contributed by atoms with van der Waals surface area (Å²) in [4.78, 5) is 23.0. The maximum Gasteiger partial charge on any atom is 0.335 e. The van der Waals surface area contributed by atoms with Crippen LogP contribution >= 0.6 is 11.6 Å². The van der Waals surface area contributed by atoms with Gasteiger partial charge >= 0.3 is 5.97 Å². The molecule has 0 aromatic heterocycles. The summed E-state index contributed by atoms with van der Waals surface area (Å²) in [6.45, 7) is 0.397. The quantitative estimate of drug-likeness (QED) is 0.809.